The number of hydrogen-bond donors (Lipinski definition) is 2. The number of anilines is 1. The van der Waals surface area contributed by atoms with Crippen molar-refractivity contribution in [3.8, 4) is 0 Å². The monoisotopic (exact) mass is 257 g/mol. The minimum absolute atomic E-state index is 0.0877. The SMILES string of the molecule is COCc1ccccc1NCc1ccc(CO)cc1. The molecular weight excluding hydrogens is 238 g/mol. The predicted molar refractivity (Wildman–Crippen MR) is 76.8 cm³/mol. The van der Waals surface area contributed by atoms with Crippen molar-refractivity contribution in [3.05, 3.63) is 65.2 Å². The molecule has 0 atom stereocenters. The van der Waals surface area contributed by atoms with Crippen molar-refractivity contribution in [1.82, 2.24) is 0 Å². The van der Waals surface area contributed by atoms with Crippen LogP contribution in [0.15, 0.2) is 48.5 Å². The Morgan fingerprint density at radius 1 is 1.00 bits per heavy atom. The lowest BCUT2D eigenvalue weighted by Gasteiger charge is -2.11. The van der Waals surface area contributed by atoms with Crippen molar-refractivity contribution in [2.45, 2.75) is 19.8 Å². The molecule has 2 rings (SSSR count). The van der Waals surface area contributed by atoms with E-state index in [4.69, 9.17) is 9.84 Å². The first-order chi connectivity index (χ1) is 9.33. The Kier molecular flexibility index (Phi) is 4.95. The third kappa shape index (κ3) is 3.81. The van der Waals surface area contributed by atoms with E-state index in [9.17, 15) is 0 Å². The van der Waals surface area contributed by atoms with Gasteiger partial charge < -0.3 is 15.2 Å². The fraction of sp³-hybridized carbons (Fsp3) is 0.250. The minimum atomic E-state index is 0.0877. The summed E-state index contributed by atoms with van der Waals surface area (Å²) in [4.78, 5) is 0. The van der Waals surface area contributed by atoms with E-state index >= 15 is 0 Å². The number of hydrogen-bond acceptors (Lipinski definition) is 3. The van der Waals surface area contributed by atoms with Crippen molar-refractivity contribution in [3.63, 3.8) is 0 Å². The number of aliphatic hydroxyl groups excluding tert-OH is 1. The predicted octanol–water partition coefficient (Wildman–Crippen LogP) is 2.94. The maximum Gasteiger partial charge on any atom is 0.0733 e. The number of aliphatic hydroxyl groups is 1. The lowest BCUT2D eigenvalue weighted by atomic mass is 10.1. The molecule has 0 unspecified atom stereocenters. The molecule has 0 saturated carbocycles. The Balaban J connectivity index is 2.01. The van der Waals surface area contributed by atoms with E-state index in [0.717, 1.165) is 23.4 Å². The van der Waals surface area contributed by atoms with Crippen LogP contribution in [0.1, 0.15) is 16.7 Å². The van der Waals surface area contributed by atoms with Gasteiger partial charge in [-0.3, -0.25) is 0 Å². The van der Waals surface area contributed by atoms with Crippen molar-refractivity contribution >= 4 is 5.69 Å². The topological polar surface area (TPSA) is 41.5 Å². The molecule has 0 heterocycles. The molecule has 19 heavy (non-hydrogen) atoms. The molecule has 0 bridgehead atoms. The van der Waals surface area contributed by atoms with E-state index in [1.165, 1.54) is 5.56 Å². The molecule has 0 aliphatic heterocycles. The second-order valence-electron chi connectivity index (χ2n) is 4.42. The van der Waals surface area contributed by atoms with Gasteiger partial charge in [0.2, 0.25) is 0 Å². The van der Waals surface area contributed by atoms with Crippen LogP contribution in [0, 0.1) is 0 Å². The smallest absolute Gasteiger partial charge is 0.0733 e. The second-order valence-corrected chi connectivity index (χ2v) is 4.42. The van der Waals surface area contributed by atoms with Gasteiger partial charge in [0.25, 0.3) is 0 Å². The summed E-state index contributed by atoms with van der Waals surface area (Å²) in [6.45, 7) is 1.45. The molecule has 100 valence electrons. The summed E-state index contributed by atoms with van der Waals surface area (Å²) >= 11 is 0. The van der Waals surface area contributed by atoms with E-state index in [1.807, 2.05) is 36.4 Å². The zero-order valence-corrected chi connectivity index (χ0v) is 11.1. The van der Waals surface area contributed by atoms with Crippen LogP contribution in [-0.2, 0) is 24.5 Å². The van der Waals surface area contributed by atoms with Crippen LogP contribution in [0.4, 0.5) is 5.69 Å². The Morgan fingerprint density at radius 2 is 1.68 bits per heavy atom. The van der Waals surface area contributed by atoms with E-state index < -0.39 is 0 Å². The Bertz CT molecular complexity index is 508. The molecule has 3 nitrogen and oxygen atoms in total. The molecule has 2 aromatic rings. The highest BCUT2D eigenvalue weighted by molar-refractivity contribution is 5.51. The number of methoxy groups -OCH3 is 1. The van der Waals surface area contributed by atoms with Gasteiger partial charge in [-0.15, -0.1) is 0 Å². The third-order valence-electron chi connectivity index (χ3n) is 3.01. The molecule has 2 N–H and O–H groups in total. The van der Waals surface area contributed by atoms with Gasteiger partial charge in [0.1, 0.15) is 0 Å². The lowest BCUT2D eigenvalue weighted by molar-refractivity contribution is 0.185. The average molecular weight is 257 g/mol. The molecule has 0 amide bonds. The Labute approximate surface area is 113 Å². The summed E-state index contributed by atoms with van der Waals surface area (Å²) in [7, 11) is 1.70. The standard InChI is InChI=1S/C16H19NO2/c1-19-12-15-4-2-3-5-16(15)17-10-13-6-8-14(11-18)9-7-13/h2-9,17-18H,10-12H2,1H3. The number of nitrogens with one attached hydrogen (secondary N) is 1. The maximum absolute atomic E-state index is 9.00. The van der Waals surface area contributed by atoms with Gasteiger partial charge in [-0.05, 0) is 17.2 Å². The molecule has 2 aromatic carbocycles. The van der Waals surface area contributed by atoms with Crippen molar-refractivity contribution < 1.29 is 9.84 Å². The molecule has 3 heteroatoms. The number of para-hydroxylation sites is 1. The Morgan fingerprint density at radius 3 is 2.37 bits per heavy atom. The van der Waals surface area contributed by atoms with Gasteiger partial charge in [0, 0.05) is 24.9 Å². The molecule has 0 aliphatic rings. The summed E-state index contributed by atoms with van der Waals surface area (Å²) in [5.41, 5.74) is 4.36. The van der Waals surface area contributed by atoms with Crippen molar-refractivity contribution in [1.29, 1.82) is 0 Å². The minimum Gasteiger partial charge on any atom is -0.392 e. The highest BCUT2D eigenvalue weighted by Gasteiger charge is 2.01. The van der Waals surface area contributed by atoms with E-state index in [0.29, 0.717) is 6.61 Å². The molecule has 0 saturated heterocycles. The summed E-state index contributed by atoms with van der Waals surface area (Å²) in [5, 5.41) is 12.4. The fourth-order valence-corrected chi connectivity index (χ4v) is 1.93. The average Bonchev–Trinajstić information content (AvgIpc) is 2.47. The van der Waals surface area contributed by atoms with Gasteiger partial charge in [0.05, 0.1) is 13.2 Å². The fourth-order valence-electron chi connectivity index (χ4n) is 1.93. The highest BCUT2D eigenvalue weighted by atomic mass is 16.5. The van der Waals surface area contributed by atoms with Crippen LogP contribution in [0.2, 0.25) is 0 Å². The summed E-state index contributed by atoms with van der Waals surface area (Å²) in [5.74, 6) is 0. The first-order valence-corrected chi connectivity index (χ1v) is 6.33. The van der Waals surface area contributed by atoms with Crippen LogP contribution in [0.5, 0.6) is 0 Å². The normalized spacial score (nSPS) is 10.4. The number of benzene rings is 2. The van der Waals surface area contributed by atoms with E-state index in [-0.39, 0.29) is 6.61 Å². The van der Waals surface area contributed by atoms with E-state index in [2.05, 4.69) is 17.4 Å². The largest absolute Gasteiger partial charge is 0.392 e. The molecule has 0 fully saturated rings. The quantitative estimate of drug-likeness (QED) is 0.836. The summed E-state index contributed by atoms with van der Waals surface area (Å²) < 4.78 is 5.18. The van der Waals surface area contributed by atoms with E-state index in [1.54, 1.807) is 7.11 Å². The first kappa shape index (κ1) is 13.6. The third-order valence-corrected chi connectivity index (χ3v) is 3.01. The van der Waals surface area contributed by atoms with Crippen LogP contribution in [0.3, 0.4) is 0 Å². The molecular formula is C16H19NO2. The Hall–Kier alpha value is -1.84. The summed E-state index contributed by atoms with van der Waals surface area (Å²) in [6.07, 6.45) is 0. The van der Waals surface area contributed by atoms with Gasteiger partial charge in [-0.2, -0.15) is 0 Å². The van der Waals surface area contributed by atoms with Crippen molar-refractivity contribution in [2.24, 2.45) is 0 Å². The number of ether oxygens (including phenoxy) is 1. The van der Waals surface area contributed by atoms with Crippen LogP contribution in [0.25, 0.3) is 0 Å². The van der Waals surface area contributed by atoms with Gasteiger partial charge in [-0.1, -0.05) is 42.5 Å². The van der Waals surface area contributed by atoms with Crippen LogP contribution in [-0.4, -0.2) is 12.2 Å². The summed E-state index contributed by atoms with van der Waals surface area (Å²) in [6, 6.07) is 16.1. The zero-order chi connectivity index (χ0) is 13.5. The molecule has 0 radical (unpaired) electrons. The number of rotatable bonds is 6. The molecule has 0 aromatic heterocycles. The second kappa shape index (κ2) is 6.92. The van der Waals surface area contributed by atoms with Gasteiger partial charge in [0.15, 0.2) is 0 Å². The maximum atomic E-state index is 9.00. The molecule has 0 spiro atoms. The van der Waals surface area contributed by atoms with Gasteiger partial charge >= 0.3 is 0 Å². The highest BCUT2D eigenvalue weighted by Crippen LogP contribution is 2.17. The lowest BCUT2D eigenvalue weighted by Crippen LogP contribution is -2.03. The molecule has 0 aliphatic carbocycles. The zero-order valence-electron chi connectivity index (χ0n) is 11.1. The van der Waals surface area contributed by atoms with Crippen LogP contribution < -0.4 is 5.32 Å². The van der Waals surface area contributed by atoms with Crippen LogP contribution >= 0.6 is 0 Å². The van der Waals surface area contributed by atoms with Crippen molar-refractivity contribution in [2.75, 3.05) is 12.4 Å². The first-order valence-electron chi connectivity index (χ1n) is 6.33. The van der Waals surface area contributed by atoms with Gasteiger partial charge in [-0.25, -0.2) is 0 Å².